The third-order valence-electron chi connectivity index (χ3n) is 6.85. The number of rotatable bonds is 8. The number of amides is 1. The highest BCUT2D eigenvalue weighted by molar-refractivity contribution is 5.96. The number of nitrogens with one attached hydrogen (secondary N) is 1. The van der Waals surface area contributed by atoms with Gasteiger partial charge in [-0.1, -0.05) is 71.9 Å². The van der Waals surface area contributed by atoms with Crippen molar-refractivity contribution in [1.29, 1.82) is 0 Å². The van der Waals surface area contributed by atoms with Gasteiger partial charge in [-0.2, -0.15) is 0 Å². The Bertz CT molecular complexity index is 1840. The standard InChI is InChI=1S/C32H26N6O2/c39-31-12-6-7-17-37(31)21-29(23-8-2-1-3-9-23)34-32(40)28-11-5-4-10-27(28)20-38-22-30(35-36-38)25-13-14-26-19-33-16-15-24(26)18-25/h1-19,22,29H,20-21H2,(H,34,40). The summed E-state index contributed by atoms with van der Waals surface area (Å²) < 4.78 is 3.33. The predicted octanol–water partition coefficient (Wildman–Crippen LogP) is 4.87. The largest absolute Gasteiger partial charge is 0.343 e. The zero-order valence-electron chi connectivity index (χ0n) is 21.6. The number of benzene rings is 3. The molecule has 3 heterocycles. The summed E-state index contributed by atoms with van der Waals surface area (Å²) in [7, 11) is 0. The molecule has 6 aromatic rings. The van der Waals surface area contributed by atoms with Crippen molar-refractivity contribution in [2.45, 2.75) is 19.1 Å². The molecule has 1 N–H and O–H groups in total. The Balaban J connectivity index is 1.24. The smallest absolute Gasteiger partial charge is 0.252 e. The second-order valence-corrected chi connectivity index (χ2v) is 9.52. The lowest BCUT2D eigenvalue weighted by atomic mass is 10.0. The molecule has 8 nitrogen and oxygen atoms in total. The molecule has 0 spiro atoms. The first-order valence-electron chi connectivity index (χ1n) is 13.0. The van der Waals surface area contributed by atoms with Gasteiger partial charge in [0.1, 0.15) is 5.69 Å². The summed E-state index contributed by atoms with van der Waals surface area (Å²) >= 11 is 0. The molecule has 1 atom stereocenters. The van der Waals surface area contributed by atoms with E-state index >= 15 is 0 Å². The van der Waals surface area contributed by atoms with E-state index in [-0.39, 0.29) is 11.5 Å². The van der Waals surface area contributed by atoms with Gasteiger partial charge in [-0.15, -0.1) is 5.10 Å². The van der Waals surface area contributed by atoms with Crippen LogP contribution in [-0.2, 0) is 13.1 Å². The zero-order chi connectivity index (χ0) is 27.3. The maximum atomic E-state index is 13.6. The van der Waals surface area contributed by atoms with Crippen LogP contribution in [0.5, 0.6) is 0 Å². The van der Waals surface area contributed by atoms with E-state index in [2.05, 4.69) is 26.7 Å². The van der Waals surface area contributed by atoms with E-state index in [4.69, 9.17) is 0 Å². The zero-order valence-corrected chi connectivity index (χ0v) is 21.6. The maximum Gasteiger partial charge on any atom is 0.252 e. The molecule has 6 rings (SSSR count). The lowest BCUT2D eigenvalue weighted by molar-refractivity contribution is 0.0931. The Kier molecular flexibility index (Phi) is 6.96. The SMILES string of the molecule is O=C(NC(Cn1ccccc1=O)c1ccccc1)c1ccccc1Cn1cc(-c2ccc3cnccc3c2)nn1. The average molecular weight is 527 g/mol. The first-order chi connectivity index (χ1) is 19.6. The molecule has 0 aliphatic heterocycles. The van der Waals surface area contributed by atoms with Crippen LogP contribution in [-0.4, -0.2) is 30.5 Å². The number of carbonyl (C=O) groups excluding carboxylic acids is 1. The van der Waals surface area contributed by atoms with Crippen molar-refractivity contribution in [3.63, 3.8) is 0 Å². The van der Waals surface area contributed by atoms with Gasteiger partial charge < -0.3 is 9.88 Å². The number of fused-ring (bicyclic) bond motifs is 1. The quantitative estimate of drug-likeness (QED) is 0.305. The van der Waals surface area contributed by atoms with E-state index in [1.165, 1.54) is 6.07 Å². The second-order valence-electron chi connectivity index (χ2n) is 9.52. The van der Waals surface area contributed by atoms with E-state index < -0.39 is 6.04 Å². The highest BCUT2D eigenvalue weighted by Gasteiger charge is 2.19. The van der Waals surface area contributed by atoms with Crippen LogP contribution >= 0.6 is 0 Å². The average Bonchev–Trinajstić information content (AvgIpc) is 3.47. The van der Waals surface area contributed by atoms with Crippen LogP contribution in [0.25, 0.3) is 22.0 Å². The van der Waals surface area contributed by atoms with Gasteiger partial charge in [-0.3, -0.25) is 14.6 Å². The van der Waals surface area contributed by atoms with Gasteiger partial charge in [0.05, 0.1) is 25.3 Å². The molecular weight excluding hydrogens is 500 g/mol. The topological polar surface area (TPSA) is 94.7 Å². The molecule has 0 saturated heterocycles. The summed E-state index contributed by atoms with van der Waals surface area (Å²) in [5, 5.41) is 14.0. The molecule has 8 heteroatoms. The molecule has 1 unspecified atom stereocenters. The van der Waals surface area contributed by atoms with Crippen LogP contribution in [0.1, 0.15) is 27.5 Å². The van der Waals surface area contributed by atoms with E-state index in [0.29, 0.717) is 18.7 Å². The minimum absolute atomic E-state index is 0.122. The van der Waals surface area contributed by atoms with E-state index in [1.807, 2.05) is 85.2 Å². The number of aromatic nitrogens is 5. The number of hydrogen-bond donors (Lipinski definition) is 1. The summed E-state index contributed by atoms with van der Waals surface area (Å²) in [6, 6.07) is 29.8. The number of nitrogens with zero attached hydrogens (tertiary/aromatic N) is 5. The molecule has 0 bridgehead atoms. The molecule has 1 amide bonds. The van der Waals surface area contributed by atoms with Crippen LogP contribution in [0.4, 0.5) is 0 Å². The Hall–Kier alpha value is -5.37. The first-order valence-corrected chi connectivity index (χ1v) is 13.0. The van der Waals surface area contributed by atoms with Crippen LogP contribution in [0, 0.1) is 0 Å². The lowest BCUT2D eigenvalue weighted by Crippen LogP contribution is -2.34. The molecule has 196 valence electrons. The molecular formula is C32H26N6O2. The molecule has 3 aromatic carbocycles. The molecule has 0 aliphatic rings. The minimum Gasteiger partial charge on any atom is -0.343 e. The molecule has 0 fully saturated rings. The van der Waals surface area contributed by atoms with Gasteiger partial charge in [-0.25, -0.2) is 4.68 Å². The van der Waals surface area contributed by atoms with Crippen molar-refractivity contribution in [3.8, 4) is 11.3 Å². The van der Waals surface area contributed by atoms with Crippen LogP contribution in [0.2, 0.25) is 0 Å². The van der Waals surface area contributed by atoms with Crippen molar-refractivity contribution in [2.24, 2.45) is 0 Å². The first kappa shape index (κ1) is 24.9. The monoisotopic (exact) mass is 526 g/mol. The van der Waals surface area contributed by atoms with Gasteiger partial charge in [0.15, 0.2) is 0 Å². The third-order valence-corrected chi connectivity index (χ3v) is 6.85. The summed E-state index contributed by atoms with van der Waals surface area (Å²) in [6.07, 6.45) is 7.21. The maximum absolute atomic E-state index is 13.6. The van der Waals surface area contributed by atoms with Gasteiger partial charge in [0.25, 0.3) is 11.5 Å². The second kappa shape index (κ2) is 11.2. The van der Waals surface area contributed by atoms with Crippen molar-refractivity contribution in [2.75, 3.05) is 0 Å². The molecule has 0 aliphatic carbocycles. The Morgan fingerprint density at radius 3 is 2.58 bits per heavy atom. The minimum atomic E-state index is -0.400. The summed E-state index contributed by atoms with van der Waals surface area (Å²) in [6.45, 7) is 0.689. The fourth-order valence-electron chi connectivity index (χ4n) is 4.77. The predicted molar refractivity (Wildman–Crippen MR) is 154 cm³/mol. The lowest BCUT2D eigenvalue weighted by Gasteiger charge is -2.21. The van der Waals surface area contributed by atoms with Crippen molar-refractivity contribution in [3.05, 3.63) is 149 Å². The van der Waals surface area contributed by atoms with E-state index in [0.717, 1.165) is 33.2 Å². The van der Waals surface area contributed by atoms with Gasteiger partial charge >= 0.3 is 0 Å². The van der Waals surface area contributed by atoms with Crippen molar-refractivity contribution < 1.29 is 4.79 Å². The summed E-state index contributed by atoms with van der Waals surface area (Å²) in [4.78, 5) is 30.2. The summed E-state index contributed by atoms with van der Waals surface area (Å²) in [5.41, 5.74) is 3.85. The normalized spacial score (nSPS) is 11.8. The fourth-order valence-corrected chi connectivity index (χ4v) is 4.77. The Morgan fingerprint density at radius 2 is 1.70 bits per heavy atom. The van der Waals surface area contributed by atoms with E-state index in [9.17, 15) is 9.59 Å². The number of pyridine rings is 2. The van der Waals surface area contributed by atoms with Crippen LogP contribution < -0.4 is 10.9 Å². The van der Waals surface area contributed by atoms with Gasteiger partial charge in [-0.05, 0) is 40.8 Å². The van der Waals surface area contributed by atoms with Crippen molar-refractivity contribution in [1.82, 2.24) is 29.9 Å². The Morgan fingerprint density at radius 1 is 0.875 bits per heavy atom. The molecule has 0 saturated carbocycles. The molecule has 0 radical (unpaired) electrons. The fraction of sp³-hybridized carbons (Fsp3) is 0.0938. The molecule has 3 aromatic heterocycles. The third kappa shape index (κ3) is 5.42. The number of hydrogen-bond acceptors (Lipinski definition) is 5. The highest BCUT2D eigenvalue weighted by Crippen LogP contribution is 2.23. The van der Waals surface area contributed by atoms with Crippen molar-refractivity contribution >= 4 is 16.7 Å². The molecule has 40 heavy (non-hydrogen) atoms. The van der Waals surface area contributed by atoms with Gasteiger partial charge in [0.2, 0.25) is 0 Å². The Labute approximate surface area is 230 Å². The highest BCUT2D eigenvalue weighted by atomic mass is 16.2. The summed E-state index contributed by atoms with van der Waals surface area (Å²) in [5.74, 6) is -0.225. The van der Waals surface area contributed by atoms with E-state index in [1.54, 1.807) is 33.8 Å². The number of carbonyl (C=O) groups is 1. The van der Waals surface area contributed by atoms with Gasteiger partial charge in [0, 0.05) is 41.2 Å². The van der Waals surface area contributed by atoms with Crippen LogP contribution in [0.15, 0.2) is 127 Å². The van der Waals surface area contributed by atoms with Crippen LogP contribution in [0.3, 0.4) is 0 Å².